The van der Waals surface area contributed by atoms with Gasteiger partial charge in [0.25, 0.3) is 5.91 Å². The van der Waals surface area contributed by atoms with Crippen LogP contribution in [0.15, 0.2) is 67.4 Å². The Hall–Kier alpha value is -3.88. The minimum absolute atomic E-state index is 0.101. The van der Waals surface area contributed by atoms with Crippen molar-refractivity contribution in [3.05, 3.63) is 78.8 Å². The van der Waals surface area contributed by atoms with Crippen molar-refractivity contribution >= 4 is 5.91 Å². The summed E-state index contributed by atoms with van der Waals surface area (Å²) in [5, 5.41) is 12.7. The van der Waals surface area contributed by atoms with Crippen molar-refractivity contribution in [1.29, 1.82) is 0 Å². The lowest BCUT2D eigenvalue weighted by atomic mass is 10.1. The maximum atomic E-state index is 13.4. The fourth-order valence-electron chi connectivity index (χ4n) is 3.49. The number of benzene rings is 1. The van der Waals surface area contributed by atoms with E-state index in [1.807, 2.05) is 38.2 Å². The lowest BCUT2D eigenvalue weighted by Gasteiger charge is -2.28. The Labute approximate surface area is 179 Å². The summed E-state index contributed by atoms with van der Waals surface area (Å²) in [6, 6.07) is 10.1. The van der Waals surface area contributed by atoms with E-state index in [4.69, 9.17) is 0 Å². The molecule has 0 saturated carbocycles. The molecule has 158 valence electrons. The van der Waals surface area contributed by atoms with Gasteiger partial charge in [-0.05, 0) is 38.1 Å². The molecule has 1 aromatic carbocycles. The lowest BCUT2D eigenvalue weighted by Crippen LogP contribution is -2.41. The van der Waals surface area contributed by atoms with Crippen LogP contribution < -0.4 is 0 Å². The molecule has 0 N–H and O–H groups in total. The Morgan fingerprint density at radius 2 is 1.87 bits per heavy atom. The molecule has 4 rings (SSSR count). The number of carbonyl (C=O) groups is 1. The molecule has 0 saturated heterocycles. The number of nitrogens with zero attached hydrogens (tertiary/aromatic N) is 7. The third-order valence-electron chi connectivity index (χ3n) is 5.01. The van der Waals surface area contributed by atoms with Crippen molar-refractivity contribution < 1.29 is 9.18 Å². The quantitative estimate of drug-likeness (QED) is 0.459. The summed E-state index contributed by atoms with van der Waals surface area (Å²) in [4.78, 5) is 20.7. The number of halogens is 1. The molecule has 0 radical (unpaired) electrons. The van der Waals surface area contributed by atoms with E-state index in [0.717, 1.165) is 5.56 Å². The standard InChI is InChI=1S/C22H22FN7O/c1-3-29(22(31)19-6-4-5-7-21(19)30-25-10-11-26-30)16(2)14-28-15-17(12-27-28)20-9-8-18(23)13-24-20/h4-13,15-16H,3,14H2,1-2H3/t16-/m0/s1. The van der Waals surface area contributed by atoms with Gasteiger partial charge in [0.2, 0.25) is 0 Å². The summed E-state index contributed by atoms with van der Waals surface area (Å²) < 4.78 is 14.9. The van der Waals surface area contributed by atoms with Crippen LogP contribution in [0.2, 0.25) is 0 Å². The topological polar surface area (TPSA) is 81.7 Å². The second kappa shape index (κ2) is 8.86. The maximum absolute atomic E-state index is 13.4. The number of amides is 1. The molecule has 0 aliphatic carbocycles. The second-order valence-corrected chi connectivity index (χ2v) is 7.09. The van der Waals surface area contributed by atoms with Crippen LogP contribution in [0.3, 0.4) is 0 Å². The Bertz CT molecular complexity index is 1150. The molecular formula is C22H22FN7O. The molecule has 1 atom stereocenters. The average molecular weight is 419 g/mol. The van der Waals surface area contributed by atoms with Gasteiger partial charge in [-0.3, -0.25) is 14.5 Å². The summed E-state index contributed by atoms with van der Waals surface area (Å²) in [6.07, 6.45) is 7.86. The van der Waals surface area contributed by atoms with Crippen molar-refractivity contribution in [1.82, 2.24) is 34.7 Å². The normalized spacial score (nSPS) is 12.0. The minimum atomic E-state index is -0.382. The van der Waals surface area contributed by atoms with Crippen LogP contribution in [0.1, 0.15) is 24.2 Å². The fourth-order valence-corrected chi connectivity index (χ4v) is 3.49. The summed E-state index contributed by atoms with van der Waals surface area (Å²) >= 11 is 0. The van der Waals surface area contributed by atoms with Gasteiger partial charge in [-0.15, -0.1) is 0 Å². The third-order valence-corrected chi connectivity index (χ3v) is 5.01. The Kier molecular flexibility index (Phi) is 5.83. The van der Waals surface area contributed by atoms with Crippen LogP contribution in [-0.4, -0.2) is 53.2 Å². The van der Waals surface area contributed by atoms with E-state index in [-0.39, 0.29) is 17.8 Å². The molecule has 0 aliphatic heterocycles. The average Bonchev–Trinajstić information content (AvgIpc) is 3.47. The van der Waals surface area contributed by atoms with E-state index < -0.39 is 0 Å². The molecule has 4 aromatic rings. The SMILES string of the molecule is CCN(C(=O)c1ccccc1-n1nccn1)[C@@H](C)Cn1cc(-c2ccc(F)cn2)cn1. The molecule has 3 aromatic heterocycles. The number of rotatable bonds is 7. The molecule has 0 fully saturated rings. The van der Waals surface area contributed by atoms with Gasteiger partial charge in [-0.2, -0.15) is 20.1 Å². The molecule has 0 bridgehead atoms. The smallest absolute Gasteiger partial charge is 0.256 e. The highest BCUT2D eigenvalue weighted by Crippen LogP contribution is 2.19. The highest BCUT2D eigenvalue weighted by Gasteiger charge is 2.23. The van der Waals surface area contributed by atoms with Crippen molar-refractivity contribution in [3.8, 4) is 16.9 Å². The van der Waals surface area contributed by atoms with Crippen molar-refractivity contribution in [2.45, 2.75) is 26.4 Å². The molecule has 0 unspecified atom stereocenters. The Morgan fingerprint density at radius 1 is 1.10 bits per heavy atom. The Balaban J connectivity index is 1.52. The molecule has 0 aliphatic rings. The molecule has 1 amide bonds. The van der Waals surface area contributed by atoms with E-state index in [0.29, 0.717) is 30.0 Å². The van der Waals surface area contributed by atoms with E-state index in [2.05, 4.69) is 20.3 Å². The summed E-state index contributed by atoms with van der Waals surface area (Å²) in [5.74, 6) is -0.483. The van der Waals surface area contributed by atoms with Gasteiger partial charge in [0.05, 0.1) is 48.3 Å². The first-order chi connectivity index (χ1) is 15.1. The van der Waals surface area contributed by atoms with Gasteiger partial charge in [-0.25, -0.2) is 4.39 Å². The first kappa shape index (κ1) is 20.4. The van der Waals surface area contributed by atoms with E-state index in [1.54, 1.807) is 40.3 Å². The van der Waals surface area contributed by atoms with Gasteiger partial charge >= 0.3 is 0 Å². The van der Waals surface area contributed by atoms with Crippen molar-refractivity contribution in [2.24, 2.45) is 0 Å². The lowest BCUT2D eigenvalue weighted by molar-refractivity contribution is 0.0685. The fraction of sp³-hybridized carbons (Fsp3) is 0.227. The van der Waals surface area contributed by atoms with Crippen LogP contribution in [0, 0.1) is 5.82 Å². The van der Waals surface area contributed by atoms with E-state index in [9.17, 15) is 9.18 Å². The highest BCUT2D eigenvalue weighted by molar-refractivity contribution is 5.97. The number of aromatic nitrogens is 6. The molecule has 0 spiro atoms. The molecule has 31 heavy (non-hydrogen) atoms. The zero-order valence-electron chi connectivity index (χ0n) is 17.3. The number of para-hydroxylation sites is 1. The van der Waals surface area contributed by atoms with Crippen molar-refractivity contribution in [2.75, 3.05) is 6.54 Å². The zero-order valence-corrected chi connectivity index (χ0v) is 17.3. The minimum Gasteiger partial charge on any atom is -0.334 e. The largest absolute Gasteiger partial charge is 0.334 e. The maximum Gasteiger partial charge on any atom is 0.256 e. The highest BCUT2D eigenvalue weighted by atomic mass is 19.1. The summed E-state index contributed by atoms with van der Waals surface area (Å²) in [5.41, 5.74) is 2.59. The van der Waals surface area contributed by atoms with Gasteiger partial charge in [0, 0.05) is 24.3 Å². The van der Waals surface area contributed by atoms with E-state index in [1.165, 1.54) is 17.1 Å². The number of hydrogen-bond donors (Lipinski definition) is 0. The monoisotopic (exact) mass is 419 g/mol. The van der Waals surface area contributed by atoms with Crippen LogP contribution in [0.25, 0.3) is 16.9 Å². The van der Waals surface area contributed by atoms with Crippen LogP contribution in [0.5, 0.6) is 0 Å². The van der Waals surface area contributed by atoms with Crippen LogP contribution >= 0.6 is 0 Å². The number of carbonyl (C=O) groups excluding carboxylic acids is 1. The summed E-state index contributed by atoms with van der Waals surface area (Å²) in [7, 11) is 0. The van der Waals surface area contributed by atoms with Crippen LogP contribution in [-0.2, 0) is 6.54 Å². The van der Waals surface area contributed by atoms with Crippen molar-refractivity contribution in [3.63, 3.8) is 0 Å². The van der Waals surface area contributed by atoms with Gasteiger partial charge < -0.3 is 4.90 Å². The number of likely N-dealkylation sites (N-methyl/N-ethyl adjacent to an activating group) is 1. The first-order valence-electron chi connectivity index (χ1n) is 9.98. The van der Waals surface area contributed by atoms with Gasteiger partial charge in [0.1, 0.15) is 5.82 Å². The Morgan fingerprint density at radius 3 is 2.58 bits per heavy atom. The molecule has 8 nitrogen and oxygen atoms in total. The van der Waals surface area contributed by atoms with Crippen LogP contribution in [0.4, 0.5) is 4.39 Å². The predicted molar refractivity (Wildman–Crippen MR) is 113 cm³/mol. The molecule has 9 heteroatoms. The number of pyridine rings is 1. The van der Waals surface area contributed by atoms with E-state index >= 15 is 0 Å². The molecular weight excluding hydrogens is 397 g/mol. The number of hydrogen-bond acceptors (Lipinski definition) is 5. The summed E-state index contributed by atoms with van der Waals surface area (Å²) in [6.45, 7) is 4.96. The zero-order chi connectivity index (χ0) is 21.8. The second-order valence-electron chi connectivity index (χ2n) is 7.09. The van der Waals surface area contributed by atoms with Gasteiger partial charge in [0.15, 0.2) is 0 Å². The predicted octanol–water partition coefficient (Wildman–Crippen LogP) is 3.22. The first-order valence-corrected chi connectivity index (χ1v) is 9.98. The van der Waals surface area contributed by atoms with Gasteiger partial charge in [-0.1, -0.05) is 12.1 Å². The third kappa shape index (κ3) is 4.35. The molecule has 3 heterocycles.